The lowest BCUT2D eigenvalue weighted by atomic mass is 10.2. The quantitative estimate of drug-likeness (QED) is 0.331. The fourth-order valence-electron chi connectivity index (χ4n) is 3.38. The van der Waals surface area contributed by atoms with Crippen LogP contribution in [0.2, 0.25) is 0 Å². The number of hydrogen-bond acceptors (Lipinski definition) is 6. The monoisotopic (exact) mass is 430 g/mol. The maximum Gasteiger partial charge on any atom is 0.291 e. The Balaban J connectivity index is 1.45. The van der Waals surface area contributed by atoms with Gasteiger partial charge in [0.15, 0.2) is 17.1 Å². The Morgan fingerprint density at radius 2 is 2.00 bits per heavy atom. The molecule has 0 radical (unpaired) electrons. The van der Waals surface area contributed by atoms with Gasteiger partial charge in [-0.25, -0.2) is 4.98 Å². The summed E-state index contributed by atoms with van der Waals surface area (Å²) in [5, 5.41) is 14.7. The first-order valence-corrected chi connectivity index (χ1v) is 10.6. The number of aromatic nitrogens is 1. The molecular weight excluding hydrogens is 412 g/mol. The van der Waals surface area contributed by atoms with E-state index in [4.69, 9.17) is 9.15 Å². The van der Waals surface area contributed by atoms with Gasteiger partial charge in [0, 0.05) is 11.1 Å². The first-order valence-electron chi connectivity index (χ1n) is 9.78. The van der Waals surface area contributed by atoms with Crippen LogP contribution in [-0.2, 0) is 0 Å². The molecule has 0 saturated heterocycles. The number of rotatable bonds is 5. The average molecular weight is 430 g/mol. The van der Waals surface area contributed by atoms with E-state index in [9.17, 15) is 9.90 Å². The van der Waals surface area contributed by atoms with Crippen molar-refractivity contribution in [1.82, 2.24) is 4.98 Å². The van der Waals surface area contributed by atoms with Gasteiger partial charge >= 0.3 is 0 Å². The van der Waals surface area contributed by atoms with Gasteiger partial charge in [0.05, 0.1) is 22.4 Å². The molecule has 0 saturated carbocycles. The molecule has 2 aromatic heterocycles. The van der Waals surface area contributed by atoms with E-state index in [2.05, 4.69) is 10.3 Å². The van der Waals surface area contributed by atoms with Crippen LogP contribution < -0.4 is 10.1 Å². The number of nitrogens with one attached hydrogen (secondary N) is 1. The number of anilines is 1. The van der Waals surface area contributed by atoms with Crippen LogP contribution in [0.15, 0.2) is 71.1 Å². The number of fused-ring (bicyclic) bond motifs is 2. The number of carbonyl (C=O) groups excluding carboxylic acids is 1. The van der Waals surface area contributed by atoms with E-state index in [1.54, 1.807) is 30.3 Å². The van der Waals surface area contributed by atoms with E-state index < -0.39 is 0 Å². The van der Waals surface area contributed by atoms with Gasteiger partial charge in [-0.15, -0.1) is 11.3 Å². The minimum Gasteiger partial charge on any atom is -0.507 e. The van der Waals surface area contributed by atoms with Crippen molar-refractivity contribution in [3.63, 3.8) is 0 Å². The van der Waals surface area contributed by atoms with Crippen LogP contribution in [0.25, 0.3) is 31.8 Å². The van der Waals surface area contributed by atoms with Crippen molar-refractivity contribution < 1.29 is 19.1 Å². The van der Waals surface area contributed by atoms with Crippen LogP contribution in [-0.4, -0.2) is 22.6 Å². The van der Waals surface area contributed by atoms with Gasteiger partial charge in [0.2, 0.25) is 0 Å². The summed E-state index contributed by atoms with van der Waals surface area (Å²) in [4.78, 5) is 17.4. The second-order valence-electron chi connectivity index (χ2n) is 6.89. The molecule has 2 heterocycles. The first-order chi connectivity index (χ1) is 15.1. The topological polar surface area (TPSA) is 84.6 Å². The molecule has 1 amide bonds. The van der Waals surface area contributed by atoms with Crippen LogP contribution in [0, 0.1) is 0 Å². The van der Waals surface area contributed by atoms with Crippen molar-refractivity contribution in [2.24, 2.45) is 0 Å². The van der Waals surface area contributed by atoms with Crippen molar-refractivity contribution >= 4 is 44.1 Å². The molecule has 0 fully saturated rings. The van der Waals surface area contributed by atoms with Gasteiger partial charge < -0.3 is 19.6 Å². The van der Waals surface area contributed by atoms with Gasteiger partial charge in [0.25, 0.3) is 5.91 Å². The molecular formula is C24H18N2O4S. The summed E-state index contributed by atoms with van der Waals surface area (Å²) in [5.41, 5.74) is 2.49. The van der Waals surface area contributed by atoms with Crippen molar-refractivity contribution in [3.05, 3.63) is 72.5 Å². The van der Waals surface area contributed by atoms with E-state index in [0.717, 1.165) is 15.6 Å². The maximum absolute atomic E-state index is 12.8. The average Bonchev–Trinajstić information content (AvgIpc) is 3.40. The Bertz CT molecular complexity index is 1390. The van der Waals surface area contributed by atoms with E-state index >= 15 is 0 Å². The van der Waals surface area contributed by atoms with Gasteiger partial charge in [-0.3, -0.25) is 4.79 Å². The fourth-order valence-corrected chi connectivity index (χ4v) is 4.37. The number of furan rings is 1. The third-order valence-electron chi connectivity index (χ3n) is 4.81. The van der Waals surface area contributed by atoms with Crippen LogP contribution in [0.3, 0.4) is 0 Å². The molecule has 154 valence electrons. The lowest BCUT2D eigenvalue weighted by Crippen LogP contribution is -2.10. The number of phenols is 1. The van der Waals surface area contributed by atoms with Crippen LogP contribution in [0.4, 0.5) is 5.69 Å². The van der Waals surface area contributed by atoms with Crippen molar-refractivity contribution in [2.75, 3.05) is 11.9 Å². The Kier molecular flexibility index (Phi) is 4.80. The van der Waals surface area contributed by atoms with Gasteiger partial charge in [-0.05, 0) is 49.4 Å². The molecule has 0 unspecified atom stereocenters. The van der Waals surface area contributed by atoms with Crippen molar-refractivity contribution in [1.29, 1.82) is 0 Å². The molecule has 0 aliphatic rings. The van der Waals surface area contributed by atoms with Gasteiger partial charge in [-0.1, -0.05) is 24.3 Å². The zero-order valence-corrected chi connectivity index (χ0v) is 17.4. The Labute approximate surface area is 181 Å². The highest BCUT2D eigenvalue weighted by Crippen LogP contribution is 2.37. The number of benzene rings is 3. The minimum absolute atomic E-state index is 0.0992. The Hall–Kier alpha value is -3.84. The molecule has 5 rings (SSSR count). The number of hydrogen-bond donors (Lipinski definition) is 2. The second kappa shape index (κ2) is 7.77. The molecule has 0 aliphatic heterocycles. The number of ether oxygens (including phenoxy) is 1. The predicted molar refractivity (Wildman–Crippen MR) is 122 cm³/mol. The van der Waals surface area contributed by atoms with Crippen LogP contribution in [0.1, 0.15) is 17.5 Å². The summed E-state index contributed by atoms with van der Waals surface area (Å²) in [6.45, 7) is 2.40. The predicted octanol–water partition coefficient (Wildman–Crippen LogP) is 6.07. The Morgan fingerprint density at radius 3 is 2.84 bits per heavy atom. The number of aromatic hydroxyl groups is 1. The normalized spacial score (nSPS) is 11.1. The second-order valence-corrected chi connectivity index (χ2v) is 7.92. The zero-order chi connectivity index (χ0) is 21.4. The maximum atomic E-state index is 12.8. The van der Waals surface area contributed by atoms with Gasteiger partial charge in [0.1, 0.15) is 10.8 Å². The molecule has 0 bridgehead atoms. The lowest BCUT2D eigenvalue weighted by molar-refractivity contribution is 0.0998. The first kappa shape index (κ1) is 19.1. The minimum atomic E-state index is -0.389. The molecule has 2 N–H and O–H groups in total. The molecule has 0 atom stereocenters. The fraction of sp³-hybridized carbons (Fsp3) is 0.0833. The summed E-state index contributed by atoms with van der Waals surface area (Å²) in [7, 11) is 0. The van der Waals surface area contributed by atoms with E-state index in [0.29, 0.717) is 34.2 Å². The highest BCUT2D eigenvalue weighted by molar-refractivity contribution is 7.21. The molecule has 7 heteroatoms. The largest absolute Gasteiger partial charge is 0.507 e. The summed E-state index contributed by atoms with van der Waals surface area (Å²) in [6, 6.07) is 19.9. The summed E-state index contributed by atoms with van der Waals surface area (Å²) < 4.78 is 12.4. The highest BCUT2D eigenvalue weighted by Gasteiger charge is 2.17. The molecule has 0 spiro atoms. The number of thiazole rings is 1. The summed E-state index contributed by atoms with van der Waals surface area (Å²) in [6.07, 6.45) is 0. The highest BCUT2D eigenvalue weighted by atomic mass is 32.1. The summed E-state index contributed by atoms with van der Waals surface area (Å²) >= 11 is 1.48. The number of carbonyl (C=O) groups is 1. The van der Waals surface area contributed by atoms with E-state index in [1.165, 1.54) is 11.3 Å². The number of amides is 1. The molecule has 6 nitrogen and oxygen atoms in total. The summed E-state index contributed by atoms with van der Waals surface area (Å²) in [5.74, 6) is 0.486. The third-order valence-corrected chi connectivity index (χ3v) is 5.88. The van der Waals surface area contributed by atoms with Crippen molar-refractivity contribution in [2.45, 2.75) is 6.92 Å². The molecule has 3 aromatic carbocycles. The number of phenolic OH excluding ortho intramolecular Hbond substituents is 1. The van der Waals surface area contributed by atoms with Crippen molar-refractivity contribution in [3.8, 4) is 22.1 Å². The SMILES string of the molecule is CCOc1cccc2cc(C(=O)Nc3ccc(O)c(-c4nc5ccccc5s4)c3)oc12. The molecule has 31 heavy (non-hydrogen) atoms. The molecule has 5 aromatic rings. The number of nitrogens with zero attached hydrogens (tertiary/aromatic N) is 1. The number of para-hydroxylation sites is 2. The van der Waals surface area contributed by atoms with E-state index in [1.807, 2.05) is 43.3 Å². The third kappa shape index (κ3) is 3.60. The zero-order valence-electron chi connectivity index (χ0n) is 16.6. The van der Waals surface area contributed by atoms with Gasteiger partial charge in [-0.2, -0.15) is 0 Å². The standard InChI is InChI=1S/C24H18N2O4S/c1-2-29-19-8-5-6-14-12-20(30-22(14)19)23(28)25-15-10-11-18(27)16(13-15)24-26-17-7-3-4-9-21(17)31-24/h3-13,27H,2H2,1H3,(H,25,28). The molecule has 0 aliphatic carbocycles. The Morgan fingerprint density at radius 1 is 1.13 bits per heavy atom. The van der Waals surface area contributed by atoms with Crippen LogP contribution in [0.5, 0.6) is 11.5 Å². The van der Waals surface area contributed by atoms with Crippen LogP contribution >= 0.6 is 11.3 Å². The van der Waals surface area contributed by atoms with E-state index in [-0.39, 0.29) is 17.4 Å². The lowest BCUT2D eigenvalue weighted by Gasteiger charge is -2.07. The smallest absolute Gasteiger partial charge is 0.291 e.